The number of hydrogen-bond donors (Lipinski definition) is 1. The summed E-state index contributed by atoms with van der Waals surface area (Å²) < 4.78 is 5.41. The van der Waals surface area contributed by atoms with Gasteiger partial charge in [-0.3, -0.25) is 0 Å². The molecule has 90 valence electrons. The molecule has 0 amide bonds. The Bertz CT molecular complexity index is 329. The highest BCUT2D eigenvalue weighted by molar-refractivity contribution is 5.08. The van der Waals surface area contributed by atoms with E-state index in [1.165, 1.54) is 19.3 Å². The zero-order chi connectivity index (χ0) is 11.4. The van der Waals surface area contributed by atoms with Crippen molar-refractivity contribution in [2.24, 2.45) is 5.73 Å². The highest BCUT2D eigenvalue weighted by Gasteiger charge is 2.37. The Labute approximate surface area is 96.6 Å². The van der Waals surface area contributed by atoms with Crippen LogP contribution < -0.4 is 5.73 Å². The van der Waals surface area contributed by atoms with Crippen LogP contribution in [0.15, 0.2) is 4.52 Å². The summed E-state index contributed by atoms with van der Waals surface area (Å²) in [6, 6.07) is 0. The SMILES string of the molecule is CCCc1noc(C2(CN)CCCCC2)n1. The Morgan fingerprint density at radius 3 is 2.69 bits per heavy atom. The van der Waals surface area contributed by atoms with E-state index < -0.39 is 0 Å². The van der Waals surface area contributed by atoms with Crippen LogP contribution in [0.2, 0.25) is 0 Å². The van der Waals surface area contributed by atoms with Gasteiger partial charge in [0.05, 0.1) is 5.41 Å². The van der Waals surface area contributed by atoms with Gasteiger partial charge in [-0.25, -0.2) is 0 Å². The normalized spacial score (nSPS) is 19.9. The van der Waals surface area contributed by atoms with Crippen LogP contribution in [0.1, 0.15) is 57.2 Å². The number of nitrogens with zero attached hydrogens (tertiary/aromatic N) is 2. The average Bonchev–Trinajstić information content (AvgIpc) is 2.80. The Morgan fingerprint density at radius 1 is 1.31 bits per heavy atom. The molecule has 0 saturated heterocycles. The molecule has 2 rings (SSSR count). The lowest BCUT2D eigenvalue weighted by molar-refractivity contribution is 0.219. The first-order valence-corrected chi connectivity index (χ1v) is 6.34. The van der Waals surface area contributed by atoms with Gasteiger partial charge in [0.25, 0.3) is 0 Å². The van der Waals surface area contributed by atoms with E-state index in [1.807, 2.05) is 0 Å². The predicted octanol–water partition coefficient (Wildman–Crippen LogP) is 2.18. The lowest BCUT2D eigenvalue weighted by Crippen LogP contribution is -2.37. The molecule has 1 fully saturated rings. The minimum atomic E-state index is -0.0305. The molecule has 2 N–H and O–H groups in total. The molecule has 1 heterocycles. The molecule has 1 aromatic rings. The largest absolute Gasteiger partial charge is 0.339 e. The first-order chi connectivity index (χ1) is 7.80. The van der Waals surface area contributed by atoms with Gasteiger partial charge in [0, 0.05) is 13.0 Å². The molecule has 1 aliphatic carbocycles. The van der Waals surface area contributed by atoms with E-state index in [2.05, 4.69) is 17.1 Å². The van der Waals surface area contributed by atoms with Gasteiger partial charge in [-0.15, -0.1) is 0 Å². The number of nitrogens with two attached hydrogens (primary N) is 1. The van der Waals surface area contributed by atoms with Crippen LogP contribution >= 0.6 is 0 Å². The summed E-state index contributed by atoms with van der Waals surface area (Å²) in [5.74, 6) is 1.61. The van der Waals surface area contributed by atoms with Crippen molar-refractivity contribution in [3.05, 3.63) is 11.7 Å². The van der Waals surface area contributed by atoms with Crippen LogP contribution in [0.4, 0.5) is 0 Å². The Balaban J connectivity index is 2.18. The quantitative estimate of drug-likeness (QED) is 0.849. The van der Waals surface area contributed by atoms with Crippen molar-refractivity contribution in [2.45, 2.75) is 57.3 Å². The molecule has 16 heavy (non-hydrogen) atoms. The summed E-state index contributed by atoms with van der Waals surface area (Å²) in [5.41, 5.74) is 5.90. The topological polar surface area (TPSA) is 64.9 Å². The molecular weight excluding hydrogens is 202 g/mol. The summed E-state index contributed by atoms with van der Waals surface area (Å²) in [5, 5.41) is 4.03. The van der Waals surface area contributed by atoms with Crippen molar-refractivity contribution < 1.29 is 4.52 Å². The van der Waals surface area contributed by atoms with Crippen LogP contribution in [-0.4, -0.2) is 16.7 Å². The van der Waals surface area contributed by atoms with Crippen molar-refractivity contribution in [1.29, 1.82) is 0 Å². The number of aromatic nitrogens is 2. The lowest BCUT2D eigenvalue weighted by Gasteiger charge is -2.32. The van der Waals surface area contributed by atoms with Gasteiger partial charge in [0.2, 0.25) is 5.89 Å². The van der Waals surface area contributed by atoms with Crippen molar-refractivity contribution in [2.75, 3.05) is 6.54 Å². The molecule has 0 aromatic carbocycles. The van der Waals surface area contributed by atoms with Gasteiger partial charge in [0.15, 0.2) is 5.82 Å². The molecule has 0 unspecified atom stereocenters. The molecule has 1 aromatic heterocycles. The molecule has 4 heteroatoms. The highest BCUT2D eigenvalue weighted by atomic mass is 16.5. The second-order valence-corrected chi connectivity index (χ2v) is 4.81. The number of rotatable bonds is 4. The summed E-state index contributed by atoms with van der Waals surface area (Å²) in [7, 11) is 0. The maximum Gasteiger partial charge on any atom is 0.234 e. The molecule has 0 aliphatic heterocycles. The lowest BCUT2D eigenvalue weighted by atomic mass is 9.74. The zero-order valence-corrected chi connectivity index (χ0v) is 10.0. The minimum absolute atomic E-state index is 0.0305. The van der Waals surface area contributed by atoms with Crippen molar-refractivity contribution in [3.63, 3.8) is 0 Å². The van der Waals surface area contributed by atoms with Gasteiger partial charge >= 0.3 is 0 Å². The summed E-state index contributed by atoms with van der Waals surface area (Å²) >= 11 is 0. The molecular formula is C12H21N3O. The fourth-order valence-corrected chi connectivity index (χ4v) is 2.53. The van der Waals surface area contributed by atoms with E-state index in [-0.39, 0.29) is 5.41 Å². The van der Waals surface area contributed by atoms with Gasteiger partial charge < -0.3 is 10.3 Å². The third kappa shape index (κ3) is 2.12. The zero-order valence-electron chi connectivity index (χ0n) is 10.0. The molecule has 0 atom stereocenters. The monoisotopic (exact) mass is 223 g/mol. The van der Waals surface area contributed by atoms with Crippen molar-refractivity contribution >= 4 is 0 Å². The van der Waals surface area contributed by atoms with Crippen molar-refractivity contribution in [3.8, 4) is 0 Å². The Morgan fingerprint density at radius 2 is 2.06 bits per heavy atom. The smallest absolute Gasteiger partial charge is 0.234 e. The summed E-state index contributed by atoms with van der Waals surface area (Å²) in [4.78, 5) is 4.51. The molecule has 0 spiro atoms. The molecule has 1 aliphatic rings. The van der Waals surface area contributed by atoms with E-state index in [0.717, 1.165) is 37.4 Å². The Kier molecular flexibility index (Phi) is 3.59. The fraction of sp³-hybridized carbons (Fsp3) is 0.833. The highest BCUT2D eigenvalue weighted by Crippen LogP contribution is 2.37. The molecule has 4 nitrogen and oxygen atoms in total. The maximum atomic E-state index is 5.93. The predicted molar refractivity (Wildman–Crippen MR) is 62.1 cm³/mol. The Hall–Kier alpha value is -0.900. The summed E-state index contributed by atoms with van der Waals surface area (Å²) in [6.45, 7) is 2.75. The second-order valence-electron chi connectivity index (χ2n) is 4.81. The van der Waals surface area contributed by atoms with E-state index in [9.17, 15) is 0 Å². The number of aryl methyl sites for hydroxylation is 1. The van der Waals surface area contributed by atoms with Crippen LogP contribution in [-0.2, 0) is 11.8 Å². The summed E-state index contributed by atoms with van der Waals surface area (Å²) in [6.07, 6.45) is 7.89. The first kappa shape index (κ1) is 11.6. The van der Waals surface area contributed by atoms with Crippen LogP contribution in [0.3, 0.4) is 0 Å². The van der Waals surface area contributed by atoms with Crippen LogP contribution in [0, 0.1) is 0 Å². The molecule has 1 saturated carbocycles. The van der Waals surface area contributed by atoms with Gasteiger partial charge in [-0.05, 0) is 19.3 Å². The van der Waals surface area contributed by atoms with Gasteiger partial charge in [0.1, 0.15) is 0 Å². The maximum absolute atomic E-state index is 5.93. The van der Waals surface area contributed by atoms with Crippen LogP contribution in [0.5, 0.6) is 0 Å². The average molecular weight is 223 g/mol. The van der Waals surface area contributed by atoms with Crippen LogP contribution in [0.25, 0.3) is 0 Å². The van der Waals surface area contributed by atoms with Crippen molar-refractivity contribution in [1.82, 2.24) is 10.1 Å². The number of hydrogen-bond acceptors (Lipinski definition) is 4. The van der Waals surface area contributed by atoms with Gasteiger partial charge in [-0.1, -0.05) is 31.3 Å². The van der Waals surface area contributed by atoms with E-state index in [4.69, 9.17) is 10.3 Å². The molecule has 0 radical (unpaired) electrons. The third-order valence-electron chi connectivity index (χ3n) is 3.60. The molecule has 0 bridgehead atoms. The first-order valence-electron chi connectivity index (χ1n) is 6.34. The second kappa shape index (κ2) is 4.95. The van der Waals surface area contributed by atoms with E-state index in [1.54, 1.807) is 0 Å². The van der Waals surface area contributed by atoms with Gasteiger partial charge in [-0.2, -0.15) is 4.98 Å². The minimum Gasteiger partial charge on any atom is -0.339 e. The standard InChI is InChI=1S/C12H21N3O/c1-2-6-10-14-11(16-15-10)12(9-13)7-4-3-5-8-12/h2-9,13H2,1H3. The fourth-order valence-electron chi connectivity index (χ4n) is 2.53. The third-order valence-corrected chi connectivity index (χ3v) is 3.60. The van der Waals surface area contributed by atoms with E-state index >= 15 is 0 Å². The van der Waals surface area contributed by atoms with E-state index in [0.29, 0.717) is 6.54 Å².